The number of aldehydes is 1. The van der Waals surface area contributed by atoms with Crippen LogP contribution in [0.15, 0.2) is 16.6 Å². The van der Waals surface area contributed by atoms with E-state index in [1.165, 1.54) is 12.1 Å². The molecule has 0 aliphatic heterocycles. The first-order chi connectivity index (χ1) is 6.07. The van der Waals surface area contributed by atoms with E-state index in [9.17, 15) is 4.79 Å². The first kappa shape index (κ1) is 10.7. The molecule has 0 radical (unpaired) electrons. The van der Waals surface area contributed by atoms with Crippen LogP contribution in [0.5, 0.6) is 0 Å². The van der Waals surface area contributed by atoms with Crippen LogP contribution in [0.1, 0.15) is 10.4 Å². The quantitative estimate of drug-likeness (QED) is 0.606. The zero-order valence-corrected chi connectivity index (χ0v) is 8.71. The smallest absolute Gasteiger partial charge is 0.423 e. The molecular formula is C7H5BBrClO3. The molecule has 0 amide bonds. The highest BCUT2D eigenvalue weighted by atomic mass is 79.9. The number of carbonyl (C=O) groups is 1. The molecule has 1 rings (SSSR count). The molecule has 13 heavy (non-hydrogen) atoms. The van der Waals surface area contributed by atoms with Gasteiger partial charge in [-0.2, -0.15) is 0 Å². The molecule has 1 aromatic rings. The highest BCUT2D eigenvalue weighted by Gasteiger charge is 2.20. The van der Waals surface area contributed by atoms with Gasteiger partial charge in [0.15, 0.2) is 6.29 Å². The Labute approximate surface area is 88.6 Å². The molecule has 2 N–H and O–H groups in total. The molecule has 68 valence electrons. The molecule has 0 bridgehead atoms. The van der Waals surface area contributed by atoms with Gasteiger partial charge in [0.05, 0.1) is 5.02 Å². The standard InChI is InChI=1S/C7H5BBrClO3/c9-5-2-1-4(3-11)7(10)6(5)8(12)13/h1-3,12-13H. The maximum atomic E-state index is 10.5. The summed E-state index contributed by atoms with van der Waals surface area (Å²) in [6.07, 6.45) is 0.556. The third-order valence-electron chi connectivity index (χ3n) is 1.54. The normalized spacial score (nSPS) is 9.85. The highest BCUT2D eigenvalue weighted by molar-refractivity contribution is 9.10. The number of carbonyl (C=O) groups excluding carboxylic acids is 1. The van der Waals surface area contributed by atoms with Crippen molar-refractivity contribution in [1.29, 1.82) is 0 Å². The Morgan fingerprint density at radius 2 is 2.08 bits per heavy atom. The summed E-state index contributed by atoms with van der Waals surface area (Å²) in [6.45, 7) is 0. The Balaban J connectivity index is 3.38. The van der Waals surface area contributed by atoms with Crippen LogP contribution in [0.4, 0.5) is 0 Å². The summed E-state index contributed by atoms with van der Waals surface area (Å²) < 4.78 is 0.457. The number of benzene rings is 1. The van der Waals surface area contributed by atoms with Gasteiger partial charge in [0.25, 0.3) is 0 Å². The summed E-state index contributed by atoms with van der Waals surface area (Å²) in [6, 6.07) is 3.02. The van der Waals surface area contributed by atoms with Gasteiger partial charge in [-0.15, -0.1) is 0 Å². The van der Waals surface area contributed by atoms with E-state index < -0.39 is 7.12 Å². The molecule has 0 aliphatic carbocycles. The second-order valence-corrected chi connectivity index (χ2v) is 3.59. The molecule has 0 spiro atoms. The lowest BCUT2D eigenvalue weighted by Crippen LogP contribution is -2.32. The van der Waals surface area contributed by atoms with Crippen molar-refractivity contribution in [2.24, 2.45) is 0 Å². The van der Waals surface area contributed by atoms with Crippen molar-refractivity contribution in [1.82, 2.24) is 0 Å². The fourth-order valence-electron chi connectivity index (χ4n) is 0.914. The zero-order chi connectivity index (χ0) is 10.0. The Kier molecular flexibility index (Phi) is 3.50. The molecule has 0 unspecified atom stereocenters. The van der Waals surface area contributed by atoms with E-state index in [1.54, 1.807) is 0 Å². The molecular weight excluding hydrogens is 258 g/mol. The van der Waals surface area contributed by atoms with Crippen molar-refractivity contribution < 1.29 is 14.8 Å². The second kappa shape index (κ2) is 4.24. The predicted molar refractivity (Wildman–Crippen MR) is 54.4 cm³/mol. The Bertz CT molecular complexity index is 343. The predicted octanol–water partition coefficient (Wildman–Crippen LogP) is 0.595. The van der Waals surface area contributed by atoms with Crippen LogP contribution in [0.3, 0.4) is 0 Å². The summed E-state index contributed by atoms with van der Waals surface area (Å²) in [7, 11) is -1.69. The van der Waals surface area contributed by atoms with E-state index in [2.05, 4.69) is 15.9 Å². The van der Waals surface area contributed by atoms with Crippen LogP contribution in [0.25, 0.3) is 0 Å². The van der Waals surface area contributed by atoms with E-state index in [-0.39, 0.29) is 16.0 Å². The number of halogens is 2. The fraction of sp³-hybridized carbons (Fsp3) is 0. The molecule has 0 aliphatic rings. The van der Waals surface area contributed by atoms with Gasteiger partial charge < -0.3 is 10.0 Å². The average molecular weight is 263 g/mol. The van der Waals surface area contributed by atoms with Crippen molar-refractivity contribution >= 4 is 46.4 Å². The summed E-state index contributed by atoms with van der Waals surface area (Å²) in [5.74, 6) is 0. The van der Waals surface area contributed by atoms with E-state index >= 15 is 0 Å². The number of rotatable bonds is 2. The van der Waals surface area contributed by atoms with Gasteiger partial charge >= 0.3 is 7.12 Å². The van der Waals surface area contributed by atoms with Crippen LogP contribution in [0.2, 0.25) is 5.02 Å². The molecule has 0 aromatic heterocycles. The van der Waals surface area contributed by atoms with Gasteiger partial charge in [-0.3, -0.25) is 4.79 Å². The van der Waals surface area contributed by atoms with Crippen LogP contribution >= 0.6 is 27.5 Å². The van der Waals surface area contributed by atoms with Gasteiger partial charge in [-0.25, -0.2) is 0 Å². The Morgan fingerprint density at radius 1 is 1.46 bits per heavy atom. The van der Waals surface area contributed by atoms with Crippen LogP contribution < -0.4 is 5.46 Å². The first-order valence-electron chi connectivity index (χ1n) is 3.37. The molecule has 3 nitrogen and oxygen atoms in total. The highest BCUT2D eigenvalue weighted by Crippen LogP contribution is 2.18. The summed E-state index contributed by atoms with van der Waals surface area (Å²) in [4.78, 5) is 10.5. The van der Waals surface area contributed by atoms with E-state index in [4.69, 9.17) is 21.6 Å². The zero-order valence-electron chi connectivity index (χ0n) is 6.37. The number of hydrogen-bond donors (Lipinski definition) is 2. The minimum Gasteiger partial charge on any atom is -0.423 e. The SMILES string of the molecule is O=Cc1ccc(Br)c(B(O)O)c1Cl. The van der Waals surface area contributed by atoms with Gasteiger partial charge in [-0.05, 0) is 12.1 Å². The number of hydrogen-bond acceptors (Lipinski definition) is 3. The monoisotopic (exact) mass is 262 g/mol. The average Bonchev–Trinajstić information content (AvgIpc) is 2.04. The van der Waals surface area contributed by atoms with Crippen molar-refractivity contribution in [2.45, 2.75) is 0 Å². The summed E-state index contributed by atoms with van der Waals surface area (Å²) in [5.41, 5.74) is 0.333. The molecule has 0 saturated carbocycles. The molecule has 6 heteroatoms. The third-order valence-corrected chi connectivity index (χ3v) is 2.65. The summed E-state index contributed by atoms with van der Waals surface area (Å²) >= 11 is 8.82. The van der Waals surface area contributed by atoms with Crippen molar-refractivity contribution in [3.05, 3.63) is 27.2 Å². The maximum Gasteiger partial charge on any atom is 0.491 e. The Hall–Kier alpha value is -0.355. The maximum absolute atomic E-state index is 10.5. The lowest BCUT2D eigenvalue weighted by molar-refractivity contribution is 0.112. The van der Waals surface area contributed by atoms with E-state index in [1.807, 2.05) is 0 Å². The van der Waals surface area contributed by atoms with E-state index in [0.29, 0.717) is 10.8 Å². The van der Waals surface area contributed by atoms with Crippen molar-refractivity contribution in [3.8, 4) is 0 Å². The van der Waals surface area contributed by atoms with Crippen LogP contribution in [-0.2, 0) is 0 Å². The lowest BCUT2D eigenvalue weighted by atomic mass is 9.79. The first-order valence-corrected chi connectivity index (χ1v) is 4.54. The van der Waals surface area contributed by atoms with Gasteiger partial charge in [0, 0.05) is 15.5 Å². The molecule has 0 saturated heterocycles. The molecule has 0 atom stereocenters. The van der Waals surface area contributed by atoms with Crippen LogP contribution in [-0.4, -0.2) is 23.5 Å². The third kappa shape index (κ3) is 2.11. The van der Waals surface area contributed by atoms with Crippen LogP contribution in [0, 0.1) is 0 Å². The minimum atomic E-state index is -1.69. The molecule has 1 aromatic carbocycles. The lowest BCUT2D eigenvalue weighted by Gasteiger charge is -2.06. The van der Waals surface area contributed by atoms with Gasteiger partial charge in [0.2, 0.25) is 0 Å². The molecule has 0 fully saturated rings. The second-order valence-electron chi connectivity index (χ2n) is 2.36. The van der Waals surface area contributed by atoms with Crippen molar-refractivity contribution in [3.63, 3.8) is 0 Å². The molecule has 0 heterocycles. The largest absolute Gasteiger partial charge is 0.491 e. The van der Waals surface area contributed by atoms with Crippen molar-refractivity contribution in [2.75, 3.05) is 0 Å². The van der Waals surface area contributed by atoms with Gasteiger partial charge in [0.1, 0.15) is 0 Å². The minimum absolute atomic E-state index is 0.0550. The van der Waals surface area contributed by atoms with Gasteiger partial charge in [-0.1, -0.05) is 27.5 Å². The topological polar surface area (TPSA) is 57.5 Å². The Morgan fingerprint density at radius 3 is 2.54 bits per heavy atom. The summed E-state index contributed by atoms with van der Waals surface area (Å²) in [5, 5.41) is 17.9. The van der Waals surface area contributed by atoms with E-state index in [0.717, 1.165) is 0 Å². The fourth-order valence-corrected chi connectivity index (χ4v) is 1.87.